The lowest BCUT2D eigenvalue weighted by molar-refractivity contribution is -0.384. The Labute approximate surface area is 188 Å². The van der Waals surface area contributed by atoms with Crippen molar-refractivity contribution in [2.75, 3.05) is 11.9 Å². The van der Waals surface area contributed by atoms with Gasteiger partial charge in [-0.15, -0.1) is 0 Å². The molecule has 0 aliphatic rings. The number of anilines is 1. The lowest BCUT2D eigenvalue weighted by Crippen LogP contribution is -2.46. The van der Waals surface area contributed by atoms with Gasteiger partial charge in [0, 0.05) is 12.1 Å². The normalized spacial score (nSPS) is 11.2. The smallest absolute Gasteiger partial charge is 0.329 e. The maximum absolute atomic E-state index is 12.5. The molecule has 2 N–H and O–H groups in total. The van der Waals surface area contributed by atoms with Gasteiger partial charge in [0.15, 0.2) is 6.61 Å². The standard InChI is InChI=1S/C21H19ClN4O6/c1-12(2)19(25-20(28)15-5-3-4-6-16(15)22)21(29)32-11-18(27)24-17-8-7-14(26(30)31)9-13(17)10-23/h3-9,12,19H,11H2,1-2H3,(H,24,27)(H,25,28). The Morgan fingerprint density at radius 1 is 1.22 bits per heavy atom. The van der Waals surface area contributed by atoms with Crippen LogP contribution in [0.3, 0.4) is 0 Å². The van der Waals surface area contributed by atoms with E-state index < -0.39 is 35.4 Å². The Morgan fingerprint density at radius 3 is 2.50 bits per heavy atom. The van der Waals surface area contributed by atoms with Crippen LogP contribution in [0.2, 0.25) is 5.02 Å². The molecule has 0 aliphatic heterocycles. The second-order valence-electron chi connectivity index (χ2n) is 6.93. The maximum Gasteiger partial charge on any atom is 0.329 e. The van der Waals surface area contributed by atoms with E-state index >= 15 is 0 Å². The largest absolute Gasteiger partial charge is 0.454 e. The zero-order valence-electron chi connectivity index (χ0n) is 17.1. The highest BCUT2D eigenvalue weighted by atomic mass is 35.5. The summed E-state index contributed by atoms with van der Waals surface area (Å²) < 4.78 is 5.01. The quantitative estimate of drug-likeness (QED) is 0.350. The molecule has 2 aromatic carbocycles. The summed E-state index contributed by atoms with van der Waals surface area (Å²) >= 11 is 6.00. The predicted octanol–water partition coefficient (Wildman–Crippen LogP) is 3.06. The van der Waals surface area contributed by atoms with Crippen LogP contribution in [0.1, 0.15) is 29.8 Å². The Morgan fingerprint density at radius 2 is 1.91 bits per heavy atom. The summed E-state index contributed by atoms with van der Waals surface area (Å²) in [4.78, 5) is 47.2. The average Bonchev–Trinajstić information content (AvgIpc) is 2.75. The van der Waals surface area contributed by atoms with Gasteiger partial charge in [0.1, 0.15) is 12.1 Å². The summed E-state index contributed by atoms with van der Waals surface area (Å²) in [5, 5.41) is 25.1. The monoisotopic (exact) mass is 458 g/mol. The van der Waals surface area contributed by atoms with E-state index in [-0.39, 0.29) is 33.4 Å². The number of carbonyl (C=O) groups is 3. The van der Waals surface area contributed by atoms with Crippen molar-refractivity contribution in [3.8, 4) is 6.07 Å². The molecule has 32 heavy (non-hydrogen) atoms. The first-order chi connectivity index (χ1) is 15.1. The van der Waals surface area contributed by atoms with Gasteiger partial charge in [-0.2, -0.15) is 5.26 Å². The van der Waals surface area contributed by atoms with Gasteiger partial charge in [-0.05, 0) is 24.1 Å². The highest BCUT2D eigenvalue weighted by Gasteiger charge is 2.27. The number of nitrogens with zero attached hydrogens (tertiary/aromatic N) is 2. The molecule has 0 spiro atoms. The van der Waals surface area contributed by atoms with Gasteiger partial charge in [-0.1, -0.05) is 37.6 Å². The second kappa shape index (κ2) is 10.9. The number of nitro benzene ring substituents is 1. The number of rotatable bonds is 8. The number of hydrogen-bond donors (Lipinski definition) is 2. The number of nitro groups is 1. The van der Waals surface area contributed by atoms with Crippen LogP contribution in [0.25, 0.3) is 0 Å². The van der Waals surface area contributed by atoms with E-state index in [0.717, 1.165) is 12.1 Å². The molecule has 0 saturated carbocycles. The third kappa shape index (κ3) is 6.26. The van der Waals surface area contributed by atoms with Crippen LogP contribution >= 0.6 is 11.6 Å². The van der Waals surface area contributed by atoms with E-state index in [1.807, 2.05) is 0 Å². The van der Waals surface area contributed by atoms with Crippen LogP contribution < -0.4 is 10.6 Å². The lowest BCUT2D eigenvalue weighted by Gasteiger charge is -2.21. The van der Waals surface area contributed by atoms with E-state index in [0.29, 0.717) is 0 Å². The molecule has 0 heterocycles. The van der Waals surface area contributed by atoms with Crippen LogP contribution in [0, 0.1) is 27.4 Å². The van der Waals surface area contributed by atoms with Crippen LogP contribution in [0.4, 0.5) is 11.4 Å². The molecule has 1 atom stereocenters. The van der Waals surface area contributed by atoms with Crippen LogP contribution in [0.15, 0.2) is 42.5 Å². The van der Waals surface area contributed by atoms with E-state index in [4.69, 9.17) is 21.6 Å². The molecular weight excluding hydrogens is 440 g/mol. The number of nitriles is 1. The SMILES string of the molecule is CC(C)C(NC(=O)c1ccccc1Cl)C(=O)OCC(=O)Nc1ccc([N+](=O)[O-])cc1C#N. The van der Waals surface area contributed by atoms with Crippen molar-refractivity contribution in [2.45, 2.75) is 19.9 Å². The number of hydrogen-bond acceptors (Lipinski definition) is 7. The number of amides is 2. The van der Waals surface area contributed by atoms with E-state index in [1.54, 1.807) is 32.0 Å². The van der Waals surface area contributed by atoms with E-state index in [9.17, 15) is 24.5 Å². The minimum absolute atomic E-state index is 0.0339. The molecule has 0 aliphatic carbocycles. The highest BCUT2D eigenvalue weighted by molar-refractivity contribution is 6.33. The Hall–Kier alpha value is -3.97. The third-order valence-corrected chi connectivity index (χ3v) is 4.61. The summed E-state index contributed by atoms with van der Waals surface area (Å²) in [7, 11) is 0. The molecule has 1 unspecified atom stereocenters. The van der Waals surface area contributed by atoms with Crippen LogP contribution in [0.5, 0.6) is 0 Å². The molecule has 0 aromatic heterocycles. The van der Waals surface area contributed by atoms with Crippen molar-refractivity contribution in [3.63, 3.8) is 0 Å². The van der Waals surface area contributed by atoms with E-state index in [1.165, 1.54) is 18.2 Å². The Kier molecular flexibility index (Phi) is 8.26. The van der Waals surface area contributed by atoms with Crippen molar-refractivity contribution in [1.29, 1.82) is 5.26 Å². The highest BCUT2D eigenvalue weighted by Crippen LogP contribution is 2.21. The van der Waals surface area contributed by atoms with Crippen molar-refractivity contribution < 1.29 is 24.0 Å². The summed E-state index contributed by atoms with van der Waals surface area (Å²) in [6.45, 7) is 2.69. The number of non-ortho nitro benzene ring substituents is 1. The molecule has 166 valence electrons. The van der Waals surface area contributed by atoms with Gasteiger partial charge >= 0.3 is 5.97 Å². The first-order valence-electron chi connectivity index (χ1n) is 9.34. The first-order valence-corrected chi connectivity index (χ1v) is 9.72. The number of halogens is 1. The minimum Gasteiger partial charge on any atom is -0.454 e. The number of esters is 1. The molecule has 0 fully saturated rings. The number of ether oxygens (including phenoxy) is 1. The second-order valence-corrected chi connectivity index (χ2v) is 7.34. The molecule has 2 amide bonds. The fourth-order valence-electron chi connectivity index (χ4n) is 2.62. The summed E-state index contributed by atoms with van der Waals surface area (Å²) in [6.07, 6.45) is 0. The summed E-state index contributed by atoms with van der Waals surface area (Å²) in [5.41, 5.74) is -0.204. The third-order valence-electron chi connectivity index (χ3n) is 4.28. The fraction of sp³-hybridized carbons (Fsp3) is 0.238. The zero-order valence-corrected chi connectivity index (χ0v) is 17.9. The van der Waals surface area contributed by atoms with Gasteiger partial charge in [0.25, 0.3) is 17.5 Å². The van der Waals surface area contributed by atoms with Gasteiger partial charge in [0.05, 0.1) is 26.8 Å². The molecule has 2 rings (SSSR count). The van der Waals surface area contributed by atoms with Gasteiger partial charge < -0.3 is 15.4 Å². The lowest BCUT2D eigenvalue weighted by atomic mass is 10.0. The molecule has 2 aromatic rings. The predicted molar refractivity (Wildman–Crippen MR) is 115 cm³/mol. The van der Waals surface area contributed by atoms with Gasteiger partial charge in [0.2, 0.25) is 0 Å². The molecule has 10 nitrogen and oxygen atoms in total. The maximum atomic E-state index is 12.5. The fourth-order valence-corrected chi connectivity index (χ4v) is 2.84. The topological polar surface area (TPSA) is 151 Å². The average molecular weight is 459 g/mol. The molecule has 11 heteroatoms. The molecule has 0 saturated heterocycles. The number of benzene rings is 2. The van der Waals surface area contributed by atoms with Crippen molar-refractivity contribution >= 4 is 40.8 Å². The number of nitrogens with one attached hydrogen (secondary N) is 2. The molecule has 0 radical (unpaired) electrons. The van der Waals surface area contributed by atoms with Gasteiger partial charge in [-0.25, -0.2) is 4.79 Å². The summed E-state index contributed by atoms with van der Waals surface area (Å²) in [5.74, 6) is -2.51. The first kappa shape index (κ1) is 24.3. The van der Waals surface area contributed by atoms with Crippen molar-refractivity contribution in [1.82, 2.24) is 5.32 Å². The van der Waals surface area contributed by atoms with Crippen LogP contribution in [-0.4, -0.2) is 35.4 Å². The molecular formula is C21H19ClN4O6. The van der Waals surface area contributed by atoms with Crippen molar-refractivity contribution in [2.24, 2.45) is 5.92 Å². The molecule has 0 bridgehead atoms. The van der Waals surface area contributed by atoms with Gasteiger partial charge in [-0.3, -0.25) is 19.7 Å². The Bertz CT molecular complexity index is 1100. The van der Waals surface area contributed by atoms with E-state index in [2.05, 4.69) is 10.6 Å². The van der Waals surface area contributed by atoms with Crippen molar-refractivity contribution in [3.05, 3.63) is 68.7 Å². The Balaban J connectivity index is 2.01. The zero-order chi connectivity index (χ0) is 23.8. The number of carbonyl (C=O) groups excluding carboxylic acids is 3. The minimum atomic E-state index is -1.04. The van der Waals surface area contributed by atoms with Crippen LogP contribution in [-0.2, 0) is 14.3 Å². The summed E-state index contributed by atoms with van der Waals surface area (Å²) in [6, 6.07) is 10.4.